The molecular weight excluding hydrogens is 344 g/mol. The highest BCUT2D eigenvalue weighted by Gasteiger charge is 2.23. The number of fused-ring (bicyclic) bond motifs is 1. The van der Waals surface area contributed by atoms with Gasteiger partial charge < -0.3 is 15.1 Å². The van der Waals surface area contributed by atoms with E-state index in [1.807, 2.05) is 15.6 Å². The van der Waals surface area contributed by atoms with Crippen molar-refractivity contribution in [2.24, 2.45) is 0 Å². The minimum Gasteiger partial charge on any atom is -0.349 e. The van der Waals surface area contributed by atoms with Crippen LogP contribution in [0.15, 0.2) is 6.07 Å². The van der Waals surface area contributed by atoms with E-state index in [0.717, 1.165) is 24.5 Å². The van der Waals surface area contributed by atoms with E-state index < -0.39 is 0 Å². The Bertz CT molecular complexity index is 649. The van der Waals surface area contributed by atoms with E-state index in [1.54, 1.807) is 19.0 Å². The summed E-state index contributed by atoms with van der Waals surface area (Å²) < 4.78 is 1.94. The average molecular weight is 377 g/mol. The lowest BCUT2D eigenvalue weighted by molar-refractivity contribution is -0.122. The van der Waals surface area contributed by atoms with Crippen LogP contribution in [0.2, 0.25) is 0 Å². The van der Waals surface area contributed by atoms with Gasteiger partial charge in [-0.2, -0.15) is 5.10 Å². The van der Waals surface area contributed by atoms with Crippen molar-refractivity contribution in [3.05, 3.63) is 17.5 Å². The van der Waals surface area contributed by atoms with Crippen LogP contribution in [0, 0.1) is 0 Å². The average Bonchev–Trinajstić information content (AvgIpc) is 3.03. The molecule has 3 rings (SSSR count). The van der Waals surface area contributed by atoms with E-state index in [0.29, 0.717) is 32.7 Å². The molecule has 0 unspecified atom stereocenters. The molecule has 0 radical (unpaired) electrons. The maximum Gasteiger partial charge on any atom is 0.319 e. The van der Waals surface area contributed by atoms with Crippen molar-refractivity contribution in [3.63, 3.8) is 0 Å². The highest BCUT2D eigenvalue weighted by atomic mass is 16.2. The molecule has 1 aromatic rings. The number of urea groups is 1. The molecule has 27 heavy (non-hydrogen) atoms. The summed E-state index contributed by atoms with van der Waals surface area (Å²) in [7, 11) is 3.53. The molecule has 0 aliphatic carbocycles. The Morgan fingerprint density at radius 1 is 1.07 bits per heavy atom. The fourth-order valence-corrected chi connectivity index (χ4v) is 3.78. The van der Waals surface area contributed by atoms with Crippen LogP contribution >= 0.6 is 0 Å². The van der Waals surface area contributed by atoms with Crippen molar-refractivity contribution in [2.45, 2.75) is 51.7 Å². The first-order chi connectivity index (χ1) is 13.0. The lowest BCUT2D eigenvalue weighted by Crippen LogP contribution is -2.43. The number of carbonyl (C=O) groups is 2. The number of hydrogen-bond acceptors (Lipinski definition) is 4. The van der Waals surface area contributed by atoms with Gasteiger partial charge in [0.25, 0.3) is 0 Å². The standard InChI is InChI=1S/C19H32N6O2/c1-22(2)19(27)24-10-11-25-17(14-24)12-16(21-25)13-20-18(26)15-23-8-6-4-3-5-7-9-23/h12H,3-11,13-15H2,1-2H3,(H,20,26). The van der Waals surface area contributed by atoms with Gasteiger partial charge >= 0.3 is 6.03 Å². The second-order valence-electron chi connectivity index (χ2n) is 7.77. The molecule has 8 nitrogen and oxygen atoms in total. The molecule has 3 heterocycles. The normalized spacial score (nSPS) is 18.4. The van der Waals surface area contributed by atoms with Gasteiger partial charge in [-0.1, -0.05) is 19.3 Å². The van der Waals surface area contributed by atoms with Crippen LogP contribution in [0.25, 0.3) is 0 Å². The number of amides is 3. The fourth-order valence-electron chi connectivity index (χ4n) is 3.78. The Morgan fingerprint density at radius 2 is 1.78 bits per heavy atom. The minimum atomic E-state index is 0.0190. The fraction of sp³-hybridized carbons (Fsp3) is 0.737. The number of carbonyl (C=O) groups excluding carboxylic acids is 2. The summed E-state index contributed by atoms with van der Waals surface area (Å²) in [6.07, 6.45) is 6.23. The number of nitrogens with zero attached hydrogens (tertiary/aromatic N) is 5. The summed E-state index contributed by atoms with van der Waals surface area (Å²) in [6, 6.07) is 2.01. The lowest BCUT2D eigenvalue weighted by Gasteiger charge is -2.29. The first kappa shape index (κ1) is 19.7. The first-order valence-corrected chi connectivity index (χ1v) is 10.0. The van der Waals surface area contributed by atoms with Gasteiger partial charge in [0.15, 0.2) is 0 Å². The van der Waals surface area contributed by atoms with Crippen LogP contribution in [0.4, 0.5) is 4.79 Å². The molecular formula is C19H32N6O2. The van der Waals surface area contributed by atoms with E-state index >= 15 is 0 Å². The molecule has 1 N–H and O–H groups in total. The van der Waals surface area contributed by atoms with Crippen LogP contribution in [0.5, 0.6) is 0 Å². The molecule has 2 aliphatic heterocycles. The van der Waals surface area contributed by atoms with Gasteiger partial charge in [0.2, 0.25) is 5.91 Å². The second kappa shape index (κ2) is 9.21. The van der Waals surface area contributed by atoms with Crippen LogP contribution in [0.3, 0.4) is 0 Å². The van der Waals surface area contributed by atoms with Gasteiger partial charge in [-0.25, -0.2) is 4.79 Å². The van der Waals surface area contributed by atoms with Crippen LogP contribution in [0.1, 0.15) is 43.5 Å². The first-order valence-electron chi connectivity index (χ1n) is 10.0. The Morgan fingerprint density at radius 3 is 2.48 bits per heavy atom. The van der Waals surface area contributed by atoms with Crippen LogP contribution < -0.4 is 5.32 Å². The van der Waals surface area contributed by atoms with E-state index in [9.17, 15) is 9.59 Å². The van der Waals surface area contributed by atoms with E-state index in [1.165, 1.54) is 32.1 Å². The third-order valence-corrected chi connectivity index (χ3v) is 5.28. The zero-order chi connectivity index (χ0) is 19.2. The molecule has 2 aliphatic rings. The van der Waals surface area contributed by atoms with Gasteiger partial charge in [-0.3, -0.25) is 14.4 Å². The zero-order valence-electron chi connectivity index (χ0n) is 16.6. The van der Waals surface area contributed by atoms with Gasteiger partial charge in [-0.15, -0.1) is 0 Å². The van der Waals surface area contributed by atoms with Crippen molar-refractivity contribution in [1.29, 1.82) is 0 Å². The smallest absolute Gasteiger partial charge is 0.319 e. The molecule has 150 valence electrons. The van der Waals surface area contributed by atoms with Crippen molar-refractivity contribution >= 4 is 11.9 Å². The van der Waals surface area contributed by atoms with Gasteiger partial charge in [-0.05, 0) is 32.0 Å². The molecule has 1 fully saturated rings. The van der Waals surface area contributed by atoms with Crippen molar-refractivity contribution < 1.29 is 9.59 Å². The molecule has 0 bridgehead atoms. The third-order valence-electron chi connectivity index (χ3n) is 5.28. The molecule has 0 aromatic carbocycles. The molecule has 0 atom stereocenters. The van der Waals surface area contributed by atoms with Gasteiger partial charge in [0.05, 0.1) is 37.6 Å². The van der Waals surface area contributed by atoms with E-state index in [2.05, 4.69) is 15.3 Å². The second-order valence-corrected chi connectivity index (χ2v) is 7.77. The number of hydrogen-bond donors (Lipinski definition) is 1. The van der Waals surface area contributed by atoms with Crippen molar-refractivity contribution in [1.82, 2.24) is 29.8 Å². The SMILES string of the molecule is CN(C)C(=O)N1CCn2nc(CNC(=O)CN3CCCCCCC3)cc2C1. The number of rotatable bonds is 4. The highest BCUT2D eigenvalue weighted by molar-refractivity contribution is 5.78. The van der Waals surface area contributed by atoms with Crippen molar-refractivity contribution in [3.8, 4) is 0 Å². The van der Waals surface area contributed by atoms with E-state index in [4.69, 9.17) is 0 Å². The summed E-state index contributed by atoms with van der Waals surface area (Å²) >= 11 is 0. The highest BCUT2D eigenvalue weighted by Crippen LogP contribution is 2.15. The predicted octanol–water partition coefficient (Wildman–Crippen LogP) is 1.26. The lowest BCUT2D eigenvalue weighted by atomic mass is 10.1. The minimum absolute atomic E-state index is 0.0190. The molecule has 0 saturated carbocycles. The molecule has 3 amide bonds. The topological polar surface area (TPSA) is 73.7 Å². The Labute approximate surface area is 161 Å². The van der Waals surface area contributed by atoms with Crippen LogP contribution in [-0.2, 0) is 24.4 Å². The number of nitrogens with one attached hydrogen (secondary N) is 1. The summed E-state index contributed by atoms with van der Waals surface area (Å²) in [6.45, 7) is 4.85. The molecule has 0 spiro atoms. The summed E-state index contributed by atoms with van der Waals surface area (Å²) in [5.41, 5.74) is 1.87. The van der Waals surface area contributed by atoms with E-state index in [-0.39, 0.29) is 11.9 Å². The summed E-state index contributed by atoms with van der Waals surface area (Å²) in [5, 5.41) is 7.57. The predicted molar refractivity (Wildman–Crippen MR) is 103 cm³/mol. The van der Waals surface area contributed by atoms with Gasteiger partial charge in [0.1, 0.15) is 0 Å². The largest absolute Gasteiger partial charge is 0.349 e. The maximum atomic E-state index is 12.3. The Kier molecular flexibility index (Phi) is 6.71. The van der Waals surface area contributed by atoms with Gasteiger partial charge in [0, 0.05) is 20.6 Å². The Balaban J connectivity index is 1.48. The Hall–Kier alpha value is -2.09. The van der Waals surface area contributed by atoms with Crippen LogP contribution in [-0.4, -0.2) is 76.7 Å². The monoisotopic (exact) mass is 376 g/mol. The summed E-state index contributed by atoms with van der Waals surface area (Å²) in [5.74, 6) is 0.0611. The number of likely N-dealkylation sites (tertiary alicyclic amines) is 1. The molecule has 1 aromatic heterocycles. The molecule has 8 heteroatoms. The zero-order valence-corrected chi connectivity index (χ0v) is 16.6. The molecule has 1 saturated heterocycles. The van der Waals surface area contributed by atoms with Crippen molar-refractivity contribution in [2.75, 3.05) is 40.3 Å². The number of aromatic nitrogens is 2. The quantitative estimate of drug-likeness (QED) is 0.859. The maximum absolute atomic E-state index is 12.3. The summed E-state index contributed by atoms with van der Waals surface area (Å²) in [4.78, 5) is 30.1. The third kappa shape index (κ3) is 5.45.